The van der Waals surface area contributed by atoms with E-state index in [1.54, 1.807) is 6.33 Å². The molecule has 5 heterocycles. The van der Waals surface area contributed by atoms with Gasteiger partial charge in [0, 0.05) is 60.5 Å². The van der Waals surface area contributed by atoms with Crippen molar-refractivity contribution in [2.75, 3.05) is 0 Å². The van der Waals surface area contributed by atoms with Crippen LogP contribution >= 0.6 is 0 Å². The van der Waals surface area contributed by atoms with Gasteiger partial charge in [0.2, 0.25) is 0 Å². The minimum Gasteiger partial charge on any atom is -0.264 e. The second kappa shape index (κ2) is 92.1. The molecule has 5 aromatic heterocycles. The van der Waals surface area contributed by atoms with E-state index in [2.05, 4.69) is 122 Å². The van der Waals surface area contributed by atoms with Gasteiger partial charge < -0.3 is 0 Å². The van der Waals surface area contributed by atoms with Crippen molar-refractivity contribution in [3.8, 4) is 0 Å². The number of aromatic nitrogens is 6. The molecule has 420 valence electrons. The number of pyridine rings is 4. The minimum absolute atomic E-state index is 1.06. The van der Waals surface area contributed by atoms with Gasteiger partial charge in [0.25, 0.3) is 0 Å². The molecule has 0 aliphatic rings. The number of hydrogen-bond donors (Lipinski definition) is 0. The number of nitrogens with zero attached hydrogens (tertiary/aromatic N) is 6. The number of hydrogen-bond acceptors (Lipinski definition) is 6. The summed E-state index contributed by atoms with van der Waals surface area (Å²) in [6.07, 6.45) is 14.3. The van der Waals surface area contributed by atoms with E-state index in [1.165, 1.54) is 44.5 Å². The number of aryl methyl sites for hydroxylation is 12. The highest BCUT2D eigenvalue weighted by atomic mass is 14.8. The van der Waals surface area contributed by atoms with Gasteiger partial charge in [0.1, 0.15) is 6.33 Å². The van der Waals surface area contributed by atoms with Crippen LogP contribution < -0.4 is 0 Å². The molecule has 0 aliphatic carbocycles. The highest BCUT2D eigenvalue weighted by Crippen LogP contribution is 2.03. The zero-order chi connectivity index (χ0) is 59.9. The molecule has 72 heavy (non-hydrogen) atoms. The summed E-state index contributed by atoms with van der Waals surface area (Å²) in [5, 5.41) is 0. The molecule has 1 aromatic carbocycles. The van der Waals surface area contributed by atoms with Crippen LogP contribution in [-0.2, 0) is 0 Å². The van der Waals surface area contributed by atoms with E-state index in [1.807, 2.05) is 262 Å². The van der Waals surface area contributed by atoms with E-state index in [0.29, 0.717) is 0 Å². The first-order valence-electron chi connectivity index (χ1n) is 28.1. The average molecular weight is 1000 g/mol. The van der Waals surface area contributed by atoms with Gasteiger partial charge in [0.15, 0.2) is 0 Å². The average Bonchev–Trinajstić information content (AvgIpc) is 3.47. The summed E-state index contributed by atoms with van der Waals surface area (Å²) in [6.45, 7) is 72.6. The Hall–Kier alpha value is -5.10. The second-order valence-corrected chi connectivity index (χ2v) is 11.6. The summed E-state index contributed by atoms with van der Waals surface area (Å²) >= 11 is 0. The van der Waals surface area contributed by atoms with E-state index < -0.39 is 0 Å². The summed E-state index contributed by atoms with van der Waals surface area (Å²) in [5.41, 5.74) is 14.8. The van der Waals surface area contributed by atoms with Gasteiger partial charge in [-0.3, -0.25) is 19.9 Å². The highest BCUT2D eigenvalue weighted by Gasteiger charge is 1.89. The predicted molar refractivity (Wildman–Crippen MR) is 338 cm³/mol. The first-order valence-corrected chi connectivity index (χ1v) is 28.1. The third-order valence-corrected chi connectivity index (χ3v) is 7.73. The van der Waals surface area contributed by atoms with Crippen molar-refractivity contribution in [2.24, 2.45) is 0 Å². The molecule has 6 aromatic rings. The molecular weight excluding hydrogens is 877 g/mol. The zero-order valence-electron chi connectivity index (χ0n) is 55.1. The highest BCUT2D eigenvalue weighted by molar-refractivity contribution is 5.23. The lowest BCUT2D eigenvalue weighted by Crippen LogP contribution is -1.85. The summed E-state index contributed by atoms with van der Waals surface area (Å²) in [5.74, 6) is 0. The maximum Gasteiger partial charge on any atom is 0.115 e. The molecule has 0 saturated carbocycles. The first-order chi connectivity index (χ1) is 34.8. The number of rotatable bonds is 0. The third kappa shape index (κ3) is 71.5. The lowest BCUT2D eigenvalue weighted by Gasteiger charge is -1.93. The monoisotopic (exact) mass is 1000 g/mol. The summed E-state index contributed by atoms with van der Waals surface area (Å²) in [6, 6.07) is 20.4. The summed E-state index contributed by atoms with van der Waals surface area (Å²) in [4.78, 5) is 23.8. The van der Waals surface area contributed by atoms with Crippen molar-refractivity contribution in [3.05, 3.63) is 178 Å². The SMILES string of the molecule is CC.CC.CC.CC.CC.CC.CC.CC.CC.CC.CC.CC.Cc1ccccc1C.Cc1cccnc1C.Cc1cccnc1C.Cc1ccncc1C.Cc1ccncc1C.Cc1cncnc1C. The first kappa shape index (κ1) is 96.4. The quantitative estimate of drug-likeness (QED) is 0.151. The Morgan fingerprint density at radius 1 is 0.208 bits per heavy atom. The maximum absolute atomic E-state index is 4.08. The van der Waals surface area contributed by atoms with Crippen LogP contribution in [0.4, 0.5) is 0 Å². The van der Waals surface area contributed by atoms with Gasteiger partial charge in [0.05, 0.1) is 0 Å². The standard InChI is InChI=1S/C8H10.4C7H9N.C6H8N2.12C2H6/c1-7-5-3-4-6-8(7)2;2*1-6-3-4-8-5-7(6)2;2*1-6-4-3-5-8-7(6)2;1-5-3-7-4-8-6(5)2;12*1-2/h3-6H,1-2H3;4*3-5H,1-2H3;3-4H,1-2H3;12*1-2H3. The smallest absolute Gasteiger partial charge is 0.115 e. The predicted octanol–water partition coefficient (Wildman–Crippen LogP) is 22.5. The van der Waals surface area contributed by atoms with Crippen LogP contribution in [0, 0.1) is 83.1 Å². The molecule has 0 unspecified atom stereocenters. The Kier molecular flexibility index (Phi) is 123. The van der Waals surface area contributed by atoms with Crippen molar-refractivity contribution >= 4 is 0 Å². The molecule has 0 fully saturated rings. The van der Waals surface area contributed by atoms with Crippen LogP contribution in [0.1, 0.15) is 233 Å². The van der Waals surface area contributed by atoms with E-state index in [-0.39, 0.29) is 0 Å². The molecule has 0 spiro atoms. The molecule has 0 atom stereocenters. The Morgan fingerprint density at radius 2 is 0.444 bits per heavy atom. The van der Waals surface area contributed by atoms with Gasteiger partial charge in [-0.15, -0.1) is 0 Å². The second-order valence-electron chi connectivity index (χ2n) is 11.6. The van der Waals surface area contributed by atoms with Crippen LogP contribution in [0.2, 0.25) is 0 Å². The Balaban J connectivity index is -0.0000000553. The van der Waals surface area contributed by atoms with Crippen LogP contribution in [0.15, 0.2) is 110 Å². The Bertz CT molecular complexity index is 1300. The van der Waals surface area contributed by atoms with Crippen molar-refractivity contribution < 1.29 is 0 Å². The molecule has 6 rings (SSSR count). The fourth-order valence-electron chi connectivity index (χ4n) is 3.34. The molecule has 0 saturated heterocycles. The maximum atomic E-state index is 4.08. The van der Waals surface area contributed by atoms with E-state index in [9.17, 15) is 0 Å². The van der Waals surface area contributed by atoms with Gasteiger partial charge in [-0.2, -0.15) is 0 Å². The zero-order valence-corrected chi connectivity index (χ0v) is 55.1. The van der Waals surface area contributed by atoms with Crippen LogP contribution in [-0.4, -0.2) is 29.9 Å². The molecular formula is C66H126N6. The fraction of sp³-hybridized carbons (Fsp3) is 0.545. The van der Waals surface area contributed by atoms with E-state index >= 15 is 0 Å². The molecule has 0 N–H and O–H groups in total. The van der Waals surface area contributed by atoms with Crippen molar-refractivity contribution in [1.82, 2.24) is 29.9 Å². The van der Waals surface area contributed by atoms with Crippen LogP contribution in [0.25, 0.3) is 0 Å². The minimum atomic E-state index is 1.06. The fourth-order valence-corrected chi connectivity index (χ4v) is 3.34. The topological polar surface area (TPSA) is 77.3 Å². The lowest BCUT2D eigenvalue weighted by atomic mass is 10.1. The van der Waals surface area contributed by atoms with Crippen molar-refractivity contribution in [1.29, 1.82) is 0 Å². The largest absolute Gasteiger partial charge is 0.264 e. The van der Waals surface area contributed by atoms with Crippen molar-refractivity contribution in [3.63, 3.8) is 0 Å². The van der Waals surface area contributed by atoms with Gasteiger partial charge in [-0.1, -0.05) is 203 Å². The Morgan fingerprint density at radius 3 is 0.597 bits per heavy atom. The Labute approximate surface area is 454 Å². The third-order valence-electron chi connectivity index (χ3n) is 7.73. The van der Waals surface area contributed by atoms with Crippen LogP contribution in [0.5, 0.6) is 0 Å². The van der Waals surface area contributed by atoms with Crippen molar-refractivity contribution in [2.45, 2.75) is 249 Å². The molecule has 0 aliphatic heterocycles. The molecule has 0 bridgehead atoms. The van der Waals surface area contributed by atoms with Gasteiger partial charge in [-0.05, 0) is 157 Å². The molecule has 6 nitrogen and oxygen atoms in total. The normalized spacial score (nSPS) is 7.17. The van der Waals surface area contributed by atoms with E-state index in [4.69, 9.17) is 0 Å². The summed E-state index contributed by atoms with van der Waals surface area (Å²) < 4.78 is 0. The molecule has 0 radical (unpaired) electrons. The lowest BCUT2D eigenvalue weighted by molar-refractivity contribution is 1.06. The number of benzene rings is 1. The van der Waals surface area contributed by atoms with Crippen LogP contribution in [0.3, 0.4) is 0 Å². The van der Waals surface area contributed by atoms with Gasteiger partial charge in [-0.25, -0.2) is 9.97 Å². The van der Waals surface area contributed by atoms with E-state index in [0.717, 1.165) is 22.6 Å². The van der Waals surface area contributed by atoms with Gasteiger partial charge >= 0.3 is 0 Å². The summed E-state index contributed by atoms with van der Waals surface area (Å²) in [7, 11) is 0. The molecule has 0 amide bonds. The molecule has 6 heteroatoms.